The fourth-order valence-corrected chi connectivity index (χ4v) is 5.97. The van der Waals surface area contributed by atoms with E-state index in [1.54, 1.807) is 0 Å². The standard InChI is InChI=1S/C23H24NO4/c1-24(2)18-11-13(12-19(24)21-20(18)28-21)27-22(25)23(26)16-9-5-3-7-14(16)15-8-4-6-10-17(15)23/h3-10,13,18-21,26H,11-12H2,1-2H3/q+1/t13?,18?,19?,20-,21?/m1/s1. The molecule has 0 saturated carbocycles. The summed E-state index contributed by atoms with van der Waals surface area (Å²) in [6, 6.07) is 15.8. The number of epoxide rings is 1. The fourth-order valence-electron chi connectivity index (χ4n) is 5.97. The molecule has 3 heterocycles. The van der Waals surface area contributed by atoms with Gasteiger partial charge < -0.3 is 19.1 Å². The Kier molecular flexibility index (Phi) is 3.12. The Morgan fingerprint density at radius 1 is 1.00 bits per heavy atom. The highest BCUT2D eigenvalue weighted by Crippen LogP contribution is 2.53. The van der Waals surface area contributed by atoms with E-state index in [-0.39, 0.29) is 6.10 Å². The summed E-state index contributed by atoms with van der Waals surface area (Å²) in [5.74, 6) is -0.559. The molecule has 3 saturated heterocycles. The second kappa shape index (κ2) is 5.23. The van der Waals surface area contributed by atoms with E-state index in [0.29, 0.717) is 35.4 Å². The molecule has 0 aromatic heterocycles. The van der Waals surface area contributed by atoms with E-state index >= 15 is 0 Å². The van der Waals surface area contributed by atoms with Crippen LogP contribution in [0.4, 0.5) is 0 Å². The Balaban J connectivity index is 1.33. The van der Waals surface area contributed by atoms with Crippen LogP contribution in [0.5, 0.6) is 0 Å². The number of carbonyl (C=O) groups excluding carboxylic acids is 1. The van der Waals surface area contributed by atoms with Crippen molar-refractivity contribution in [3.63, 3.8) is 0 Å². The second-order valence-electron chi connectivity index (χ2n) is 9.13. The zero-order valence-electron chi connectivity index (χ0n) is 16.0. The molecule has 4 aliphatic rings. The van der Waals surface area contributed by atoms with Gasteiger partial charge in [-0.3, -0.25) is 0 Å². The number of ether oxygens (including phenoxy) is 2. The van der Waals surface area contributed by atoms with E-state index in [9.17, 15) is 9.90 Å². The normalized spacial score (nSPS) is 34.9. The van der Waals surface area contributed by atoms with Gasteiger partial charge in [-0.15, -0.1) is 0 Å². The molecule has 28 heavy (non-hydrogen) atoms. The number of piperidine rings is 1. The van der Waals surface area contributed by atoms with Gasteiger partial charge in [-0.05, 0) is 11.1 Å². The van der Waals surface area contributed by atoms with E-state index in [1.807, 2.05) is 48.5 Å². The Labute approximate surface area is 164 Å². The van der Waals surface area contributed by atoms with E-state index in [1.165, 1.54) is 0 Å². The number of aliphatic hydroxyl groups is 1. The molecule has 2 bridgehead atoms. The Hall–Kier alpha value is -2.21. The summed E-state index contributed by atoms with van der Waals surface area (Å²) in [6.45, 7) is 0. The van der Waals surface area contributed by atoms with Gasteiger partial charge in [0, 0.05) is 24.0 Å². The molecule has 5 nitrogen and oxygen atoms in total. The maximum Gasteiger partial charge on any atom is 0.348 e. The number of esters is 1. The summed E-state index contributed by atoms with van der Waals surface area (Å²) in [7, 11) is 4.50. The minimum Gasteiger partial charge on any atom is -0.459 e. The number of nitrogens with zero attached hydrogens (tertiary/aromatic N) is 1. The molecule has 0 spiro atoms. The maximum atomic E-state index is 13.3. The fraction of sp³-hybridized carbons (Fsp3) is 0.435. The largest absolute Gasteiger partial charge is 0.459 e. The number of fused-ring (bicyclic) bond motifs is 8. The molecule has 1 aliphatic carbocycles. The summed E-state index contributed by atoms with van der Waals surface area (Å²) < 4.78 is 12.7. The van der Waals surface area contributed by atoms with Crippen molar-refractivity contribution in [2.75, 3.05) is 14.1 Å². The monoisotopic (exact) mass is 378 g/mol. The maximum absolute atomic E-state index is 13.3. The number of hydrogen-bond donors (Lipinski definition) is 1. The van der Waals surface area contributed by atoms with Gasteiger partial charge in [-0.25, -0.2) is 4.79 Å². The number of hydrogen-bond acceptors (Lipinski definition) is 4. The summed E-state index contributed by atoms with van der Waals surface area (Å²) >= 11 is 0. The lowest BCUT2D eigenvalue weighted by molar-refractivity contribution is -0.938. The van der Waals surface area contributed by atoms with Crippen LogP contribution in [0.3, 0.4) is 0 Å². The summed E-state index contributed by atoms with van der Waals surface area (Å²) in [6.07, 6.45) is 2.01. The number of likely N-dealkylation sites (N-methyl/N-ethyl adjacent to an activating group) is 1. The molecule has 0 amide bonds. The summed E-state index contributed by atoms with van der Waals surface area (Å²) in [5, 5.41) is 11.6. The van der Waals surface area contributed by atoms with Crippen LogP contribution in [0.2, 0.25) is 0 Å². The number of quaternary nitrogens is 1. The van der Waals surface area contributed by atoms with Crippen LogP contribution in [0.15, 0.2) is 48.5 Å². The number of rotatable bonds is 2. The van der Waals surface area contributed by atoms with E-state index < -0.39 is 11.6 Å². The third-order valence-corrected chi connectivity index (χ3v) is 7.53. The lowest BCUT2D eigenvalue weighted by atomic mass is 9.91. The number of benzene rings is 2. The van der Waals surface area contributed by atoms with Crippen LogP contribution >= 0.6 is 0 Å². The molecule has 3 fully saturated rings. The topological polar surface area (TPSA) is 59.1 Å². The Morgan fingerprint density at radius 2 is 1.50 bits per heavy atom. The molecule has 5 heteroatoms. The van der Waals surface area contributed by atoms with Crippen molar-refractivity contribution >= 4 is 5.97 Å². The smallest absolute Gasteiger partial charge is 0.348 e. The van der Waals surface area contributed by atoms with Crippen molar-refractivity contribution in [1.82, 2.24) is 0 Å². The number of morpholine rings is 1. The zero-order chi connectivity index (χ0) is 19.3. The van der Waals surface area contributed by atoms with Gasteiger partial charge in [0.05, 0.1) is 14.1 Å². The highest BCUT2D eigenvalue weighted by Gasteiger charge is 2.71. The van der Waals surface area contributed by atoms with Crippen LogP contribution in [0.1, 0.15) is 24.0 Å². The van der Waals surface area contributed by atoms with Gasteiger partial charge in [0.25, 0.3) is 0 Å². The molecular weight excluding hydrogens is 354 g/mol. The van der Waals surface area contributed by atoms with Crippen molar-refractivity contribution in [1.29, 1.82) is 0 Å². The second-order valence-corrected chi connectivity index (χ2v) is 9.13. The van der Waals surface area contributed by atoms with E-state index in [0.717, 1.165) is 28.5 Å². The highest BCUT2D eigenvalue weighted by molar-refractivity contribution is 5.96. The quantitative estimate of drug-likeness (QED) is 0.495. The van der Waals surface area contributed by atoms with Gasteiger partial charge >= 0.3 is 5.97 Å². The molecular formula is C23H24NO4+. The van der Waals surface area contributed by atoms with Crippen molar-refractivity contribution in [2.24, 2.45) is 0 Å². The molecule has 1 N–H and O–H groups in total. The highest BCUT2D eigenvalue weighted by atomic mass is 16.6. The summed E-state index contributed by atoms with van der Waals surface area (Å²) in [5.41, 5.74) is 1.28. The van der Waals surface area contributed by atoms with Crippen LogP contribution in [-0.4, -0.2) is 60.0 Å². The Morgan fingerprint density at radius 3 is 2.04 bits per heavy atom. The average Bonchev–Trinajstić information content (AvgIpc) is 3.40. The third-order valence-electron chi connectivity index (χ3n) is 7.53. The first-order valence-electron chi connectivity index (χ1n) is 10.0. The van der Waals surface area contributed by atoms with Crippen LogP contribution in [0, 0.1) is 0 Å². The molecule has 2 aromatic carbocycles. The molecule has 0 radical (unpaired) electrons. The van der Waals surface area contributed by atoms with Gasteiger partial charge in [0.1, 0.15) is 30.4 Å². The molecule has 2 aromatic rings. The van der Waals surface area contributed by atoms with Crippen LogP contribution in [0.25, 0.3) is 11.1 Å². The zero-order valence-corrected chi connectivity index (χ0v) is 16.0. The molecule has 3 aliphatic heterocycles. The first-order chi connectivity index (χ1) is 13.4. The van der Waals surface area contributed by atoms with Crippen LogP contribution < -0.4 is 0 Å². The molecule has 6 rings (SSSR count). The molecule has 4 unspecified atom stereocenters. The predicted molar refractivity (Wildman–Crippen MR) is 102 cm³/mol. The first-order valence-corrected chi connectivity index (χ1v) is 10.0. The average molecular weight is 378 g/mol. The lowest BCUT2D eigenvalue weighted by Gasteiger charge is -2.45. The van der Waals surface area contributed by atoms with Gasteiger partial charge in [-0.1, -0.05) is 48.5 Å². The lowest BCUT2D eigenvalue weighted by Crippen LogP contribution is -2.60. The van der Waals surface area contributed by atoms with Crippen molar-refractivity contribution in [2.45, 2.75) is 48.8 Å². The van der Waals surface area contributed by atoms with Crippen molar-refractivity contribution in [3.8, 4) is 11.1 Å². The first kappa shape index (κ1) is 16.7. The third kappa shape index (κ3) is 1.94. The summed E-state index contributed by atoms with van der Waals surface area (Å²) in [4.78, 5) is 13.3. The SMILES string of the molecule is C[N+]1(C)C2CC(OC(=O)C3(O)c4ccccc4-c4ccccc43)CC1[C@H]1OC21. The Bertz CT molecular complexity index is 934. The minimum atomic E-state index is -1.74. The van der Waals surface area contributed by atoms with E-state index in [4.69, 9.17) is 9.47 Å². The van der Waals surface area contributed by atoms with Gasteiger partial charge in [-0.2, -0.15) is 0 Å². The molecule has 144 valence electrons. The predicted octanol–water partition coefficient (Wildman–Crippen LogP) is 2.20. The van der Waals surface area contributed by atoms with Crippen molar-refractivity contribution < 1.29 is 23.9 Å². The van der Waals surface area contributed by atoms with Gasteiger partial charge in [0.15, 0.2) is 0 Å². The van der Waals surface area contributed by atoms with Crippen LogP contribution in [-0.2, 0) is 19.9 Å². The van der Waals surface area contributed by atoms with Gasteiger partial charge in [0.2, 0.25) is 5.60 Å². The molecule has 5 atom stereocenters. The van der Waals surface area contributed by atoms with Crippen molar-refractivity contribution in [3.05, 3.63) is 59.7 Å². The van der Waals surface area contributed by atoms with E-state index in [2.05, 4.69) is 14.1 Å². The number of carbonyl (C=O) groups is 1. The minimum absolute atomic E-state index is 0.172.